The maximum absolute atomic E-state index is 13.8. The molecule has 0 bridgehead atoms. The number of rotatable bonds is 13. The van der Waals surface area contributed by atoms with E-state index < -0.39 is 59.1 Å². The van der Waals surface area contributed by atoms with Crippen LogP contribution < -0.4 is 26.0 Å². The number of nitrogens with zero attached hydrogens (tertiary/aromatic N) is 1. The molecule has 1 aromatic rings. The number of likely N-dealkylation sites (tertiary alicyclic amines) is 1. The van der Waals surface area contributed by atoms with Crippen molar-refractivity contribution in [2.75, 3.05) is 20.2 Å². The first-order valence-corrected chi connectivity index (χ1v) is 15.8. The number of nitrogens with one attached hydrogen (secondary N) is 4. The Morgan fingerprint density at radius 3 is 2.17 bits per heavy atom. The van der Waals surface area contributed by atoms with Crippen LogP contribution in [0, 0.1) is 11.3 Å². The number of methoxy groups -OCH3 is 1. The molecule has 0 aliphatic carbocycles. The number of carbonyl (C=O) groups excluding carboxylic acids is 6. The Morgan fingerprint density at radius 1 is 1.02 bits per heavy atom. The minimum atomic E-state index is -1.11. The molecule has 46 heavy (non-hydrogen) atoms. The van der Waals surface area contributed by atoms with E-state index in [9.17, 15) is 28.8 Å². The Kier molecular flexibility index (Phi) is 16.2. The summed E-state index contributed by atoms with van der Waals surface area (Å²) in [5.74, 6) is -2.93. The minimum Gasteiger partial charge on any atom is -0.496 e. The average molecular weight is 644 g/mol. The molecule has 4 N–H and O–H groups in total. The van der Waals surface area contributed by atoms with Crippen molar-refractivity contribution in [1.29, 1.82) is 0 Å². The van der Waals surface area contributed by atoms with Crippen molar-refractivity contribution in [3.05, 3.63) is 42.5 Å². The Morgan fingerprint density at radius 2 is 1.63 bits per heavy atom. The van der Waals surface area contributed by atoms with Gasteiger partial charge in [-0.05, 0) is 43.2 Å². The van der Waals surface area contributed by atoms with Crippen LogP contribution in [0.4, 0.5) is 4.79 Å². The van der Waals surface area contributed by atoms with Crippen molar-refractivity contribution in [3.63, 3.8) is 0 Å². The quantitative estimate of drug-likeness (QED) is 0.145. The fourth-order valence-corrected chi connectivity index (χ4v) is 4.81. The van der Waals surface area contributed by atoms with E-state index in [1.54, 1.807) is 58.9 Å². The van der Waals surface area contributed by atoms with E-state index in [2.05, 4.69) is 41.7 Å². The minimum absolute atomic E-state index is 0.109. The smallest absolute Gasteiger partial charge is 0.316 e. The summed E-state index contributed by atoms with van der Waals surface area (Å²) in [6.07, 6.45) is 3.57. The number of benzene rings is 1. The average Bonchev–Trinajstić information content (AvgIpc) is 3.50. The molecule has 12 heteroatoms. The highest BCUT2D eigenvalue weighted by molar-refractivity contribution is 6.38. The molecule has 0 radical (unpaired) electrons. The predicted octanol–water partition coefficient (Wildman–Crippen LogP) is 3.40. The van der Waals surface area contributed by atoms with Crippen LogP contribution in [0.1, 0.15) is 85.0 Å². The summed E-state index contributed by atoms with van der Waals surface area (Å²) in [6.45, 7) is 18.4. The summed E-state index contributed by atoms with van der Waals surface area (Å²) in [4.78, 5) is 79.3. The summed E-state index contributed by atoms with van der Waals surface area (Å²) in [6, 6.07) is 2.09. The molecule has 1 aliphatic rings. The van der Waals surface area contributed by atoms with Crippen LogP contribution >= 0.6 is 0 Å². The van der Waals surface area contributed by atoms with E-state index in [1.165, 1.54) is 31.4 Å². The summed E-state index contributed by atoms with van der Waals surface area (Å²) in [5, 5.41) is 10.4. The Hall–Kier alpha value is -4.22. The number of carbonyl (C=O) groups is 6. The van der Waals surface area contributed by atoms with Crippen molar-refractivity contribution < 1.29 is 33.5 Å². The lowest BCUT2D eigenvalue weighted by atomic mass is 9.85. The van der Waals surface area contributed by atoms with E-state index in [-0.39, 0.29) is 24.8 Å². The molecule has 1 fully saturated rings. The summed E-state index contributed by atoms with van der Waals surface area (Å²) < 4.78 is 5.32. The highest BCUT2D eigenvalue weighted by Gasteiger charge is 2.43. The third-order valence-electron chi connectivity index (χ3n) is 7.22. The fourth-order valence-electron chi connectivity index (χ4n) is 4.81. The molecule has 0 saturated carbocycles. The highest BCUT2D eigenvalue weighted by Crippen LogP contribution is 2.26. The van der Waals surface area contributed by atoms with Crippen molar-refractivity contribution in [2.45, 2.75) is 98.8 Å². The van der Waals surface area contributed by atoms with Crippen LogP contribution in [0.2, 0.25) is 0 Å². The van der Waals surface area contributed by atoms with E-state index in [0.717, 1.165) is 0 Å². The second-order valence-electron chi connectivity index (χ2n) is 12.7. The number of ketones is 2. The van der Waals surface area contributed by atoms with Gasteiger partial charge >= 0.3 is 6.03 Å². The van der Waals surface area contributed by atoms with Gasteiger partial charge in [-0.15, -0.1) is 6.58 Å². The van der Waals surface area contributed by atoms with E-state index in [1.807, 2.05) is 0 Å². The topological polar surface area (TPSA) is 163 Å². The molecular formula is C34H53N5O7. The number of para-hydroxylation sites is 1. The van der Waals surface area contributed by atoms with Crippen molar-refractivity contribution in [3.8, 4) is 5.75 Å². The van der Waals surface area contributed by atoms with Gasteiger partial charge in [0.1, 0.15) is 17.8 Å². The predicted molar refractivity (Wildman–Crippen MR) is 177 cm³/mol. The number of ether oxygens (including phenoxy) is 1. The molecule has 0 aromatic heterocycles. The van der Waals surface area contributed by atoms with Crippen LogP contribution in [-0.2, 0) is 19.2 Å². The molecule has 1 heterocycles. The molecule has 0 spiro atoms. The number of urea groups is 1. The third-order valence-corrected chi connectivity index (χ3v) is 7.22. The molecule has 1 aromatic carbocycles. The van der Waals surface area contributed by atoms with Gasteiger partial charge in [-0.1, -0.05) is 73.1 Å². The monoisotopic (exact) mass is 643 g/mol. The zero-order valence-corrected chi connectivity index (χ0v) is 28.8. The largest absolute Gasteiger partial charge is 0.496 e. The molecule has 4 atom stereocenters. The van der Waals surface area contributed by atoms with Gasteiger partial charge in [0.15, 0.2) is 5.78 Å². The van der Waals surface area contributed by atoms with Gasteiger partial charge in [0.25, 0.3) is 5.91 Å². The van der Waals surface area contributed by atoms with E-state index in [0.29, 0.717) is 24.2 Å². The van der Waals surface area contributed by atoms with Crippen LogP contribution in [0.25, 0.3) is 0 Å². The zero-order valence-electron chi connectivity index (χ0n) is 28.8. The number of hydrogen-bond donors (Lipinski definition) is 4. The standard InChI is InChI=1S/C31H45N5O7.C3H8/c1-9-16-32-28(40)24(37)19(4)33-27(39)21-14-12-17-36(21)29(41)26(31(5,6)7)35-30(42)34-23(18(2)3)25(38)20-13-10-11-15-22(20)43-8;1-3-2/h9-11,13,15,18-19,21,23,26H,1,12,14,16-17H2,2-8H3,(H,32,40)(H,33,39)(H2,34,35,42);3H2,1-2H3. The van der Waals surface area contributed by atoms with Crippen LogP contribution in [0.5, 0.6) is 5.75 Å². The van der Waals surface area contributed by atoms with E-state index >= 15 is 0 Å². The normalized spacial score (nSPS) is 16.1. The van der Waals surface area contributed by atoms with Gasteiger partial charge in [0.2, 0.25) is 17.6 Å². The zero-order chi connectivity index (χ0) is 35.2. The lowest BCUT2D eigenvalue weighted by Crippen LogP contribution is -2.61. The van der Waals surface area contributed by atoms with Gasteiger partial charge in [0.05, 0.1) is 24.8 Å². The first-order chi connectivity index (χ1) is 21.5. The molecule has 2 rings (SSSR count). The number of amides is 5. The SMILES string of the molecule is C=CCNC(=O)C(=O)C(C)NC(=O)C1CCCN1C(=O)C(NC(=O)NC(C(=O)c1ccccc1OC)C(C)C)C(C)(C)C.CCC. The lowest BCUT2D eigenvalue weighted by molar-refractivity contribution is -0.143. The number of hydrogen-bond acceptors (Lipinski definition) is 7. The van der Waals surface area contributed by atoms with Crippen LogP contribution in [0.15, 0.2) is 36.9 Å². The van der Waals surface area contributed by atoms with Gasteiger partial charge in [0, 0.05) is 13.1 Å². The second kappa shape index (κ2) is 18.7. The first-order valence-electron chi connectivity index (χ1n) is 15.8. The van der Waals surface area contributed by atoms with Crippen LogP contribution in [-0.4, -0.2) is 84.6 Å². The van der Waals surface area contributed by atoms with Crippen molar-refractivity contribution in [1.82, 2.24) is 26.2 Å². The van der Waals surface area contributed by atoms with Crippen molar-refractivity contribution >= 4 is 35.3 Å². The van der Waals surface area contributed by atoms with Crippen molar-refractivity contribution in [2.24, 2.45) is 11.3 Å². The van der Waals surface area contributed by atoms with Gasteiger partial charge < -0.3 is 30.9 Å². The van der Waals surface area contributed by atoms with Crippen LogP contribution in [0.3, 0.4) is 0 Å². The lowest BCUT2D eigenvalue weighted by Gasteiger charge is -2.36. The fraction of sp³-hybridized carbons (Fsp3) is 0.588. The molecule has 5 amide bonds. The molecule has 1 saturated heterocycles. The Labute approximate surface area is 273 Å². The second-order valence-corrected chi connectivity index (χ2v) is 12.7. The van der Waals surface area contributed by atoms with Gasteiger partial charge in [-0.25, -0.2) is 4.79 Å². The molecule has 4 unspecified atom stereocenters. The Balaban J connectivity index is 0.00000338. The summed E-state index contributed by atoms with van der Waals surface area (Å²) >= 11 is 0. The van der Waals surface area contributed by atoms with Gasteiger partial charge in [-0.3, -0.25) is 24.0 Å². The number of Topliss-reactive ketones (excluding diaryl/α,β-unsaturated/α-hetero) is 2. The molecule has 1 aliphatic heterocycles. The summed E-state index contributed by atoms with van der Waals surface area (Å²) in [7, 11) is 1.46. The molecule has 256 valence electrons. The maximum Gasteiger partial charge on any atom is 0.316 e. The first kappa shape index (κ1) is 39.8. The Bertz CT molecular complexity index is 1240. The maximum atomic E-state index is 13.8. The van der Waals surface area contributed by atoms with E-state index in [4.69, 9.17) is 4.74 Å². The summed E-state index contributed by atoms with van der Waals surface area (Å²) in [5.41, 5.74) is -0.436. The molecule has 12 nitrogen and oxygen atoms in total. The third kappa shape index (κ3) is 11.3. The molecular weight excluding hydrogens is 590 g/mol. The highest BCUT2D eigenvalue weighted by atomic mass is 16.5. The van der Waals surface area contributed by atoms with Gasteiger partial charge in [-0.2, -0.15) is 0 Å².